The molecule has 0 unspecified atom stereocenters. The minimum absolute atomic E-state index is 0.0295. The lowest BCUT2D eigenvalue weighted by molar-refractivity contribution is 0.484. The van der Waals surface area contributed by atoms with Crippen LogP contribution in [0.15, 0.2) is 41.3 Å². The maximum Gasteiger partial charge on any atom is 0.295 e. The number of hydrogen-bond donors (Lipinski definition) is 1. The van der Waals surface area contributed by atoms with Crippen molar-refractivity contribution >= 4 is 20.9 Å². The van der Waals surface area contributed by atoms with Crippen molar-refractivity contribution in [2.75, 3.05) is 0 Å². The molecule has 0 spiro atoms. The van der Waals surface area contributed by atoms with Crippen molar-refractivity contribution in [1.29, 1.82) is 0 Å². The van der Waals surface area contributed by atoms with Crippen LogP contribution in [0.3, 0.4) is 0 Å². The van der Waals surface area contributed by atoms with Gasteiger partial charge in [0.25, 0.3) is 10.1 Å². The molecule has 0 atom stereocenters. The Morgan fingerprint density at radius 2 is 1.80 bits per heavy atom. The first kappa shape index (κ1) is 10.1. The fraction of sp³-hybridized carbons (Fsp3) is 0.0909. The second-order valence-electron chi connectivity index (χ2n) is 3.46. The molecule has 15 heavy (non-hydrogen) atoms. The van der Waals surface area contributed by atoms with E-state index >= 15 is 0 Å². The Bertz CT molecular complexity index is 615. The van der Waals surface area contributed by atoms with Crippen LogP contribution in [-0.4, -0.2) is 13.0 Å². The molecular weight excluding hydrogens is 212 g/mol. The van der Waals surface area contributed by atoms with E-state index in [1.165, 1.54) is 6.07 Å². The number of benzene rings is 2. The van der Waals surface area contributed by atoms with Crippen molar-refractivity contribution < 1.29 is 13.0 Å². The fourth-order valence-electron chi connectivity index (χ4n) is 1.63. The highest BCUT2D eigenvalue weighted by atomic mass is 32.2. The number of fused-ring (bicyclic) bond motifs is 1. The highest BCUT2D eigenvalue weighted by Gasteiger charge is 2.13. The predicted molar refractivity (Wildman–Crippen MR) is 58.5 cm³/mol. The largest absolute Gasteiger partial charge is 0.295 e. The molecule has 0 radical (unpaired) electrons. The van der Waals surface area contributed by atoms with Crippen LogP contribution in [-0.2, 0) is 10.1 Å². The standard InChI is InChI=1S/C11H10O3S/c1-8-6-9-4-2-3-5-10(9)11(7-8)15(12,13)14/h2-7H,1H3,(H,12,13,14). The summed E-state index contributed by atoms with van der Waals surface area (Å²) in [6.45, 7) is 1.79. The maximum atomic E-state index is 11.2. The summed E-state index contributed by atoms with van der Waals surface area (Å²) in [7, 11) is -4.15. The fourth-order valence-corrected chi connectivity index (χ4v) is 2.43. The highest BCUT2D eigenvalue weighted by molar-refractivity contribution is 7.86. The Balaban J connectivity index is 2.96. The molecule has 2 aromatic rings. The quantitative estimate of drug-likeness (QED) is 0.754. The summed E-state index contributed by atoms with van der Waals surface area (Å²) in [4.78, 5) is -0.0295. The van der Waals surface area contributed by atoms with Crippen LogP contribution in [0.5, 0.6) is 0 Å². The molecule has 4 heteroatoms. The van der Waals surface area contributed by atoms with Gasteiger partial charge in [-0.25, -0.2) is 0 Å². The minimum atomic E-state index is -4.15. The van der Waals surface area contributed by atoms with Gasteiger partial charge in [0, 0.05) is 5.39 Å². The van der Waals surface area contributed by atoms with Crippen molar-refractivity contribution in [3.05, 3.63) is 42.0 Å². The van der Waals surface area contributed by atoms with E-state index in [0.29, 0.717) is 5.39 Å². The van der Waals surface area contributed by atoms with Gasteiger partial charge in [-0.15, -0.1) is 0 Å². The van der Waals surface area contributed by atoms with E-state index in [2.05, 4.69) is 0 Å². The SMILES string of the molecule is Cc1cc(S(=O)(=O)O)c2ccccc2c1. The van der Waals surface area contributed by atoms with Crippen LogP contribution in [0.4, 0.5) is 0 Å². The van der Waals surface area contributed by atoms with Crippen LogP contribution in [0, 0.1) is 6.92 Å². The number of hydrogen-bond acceptors (Lipinski definition) is 2. The first-order valence-electron chi connectivity index (χ1n) is 4.45. The second kappa shape index (κ2) is 3.32. The summed E-state index contributed by atoms with van der Waals surface area (Å²) >= 11 is 0. The summed E-state index contributed by atoms with van der Waals surface area (Å²) in [6.07, 6.45) is 0. The molecule has 0 aromatic heterocycles. The Hall–Kier alpha value is -1.39. The molecule has 0 heterocycles. The third-order valence-corrected chi connectivity index (χ3v) is 3.14. The summed E-state index contributed by atoms with van der Waals surface area (Å²) in [5.74, 6) is 0. The monoisotopic (exact) mass is 222 g/mol. The molecule has 2 rings (SSSR count). The molecule has 0 bridgehead atoms. The van der Waals surface area contributed by atoms with E-state index in [0.717, 1.165) is 10.9 Å². The van der Waals surface area contributed by atoms with E-state index in [9.17, 15) is 8.42 Å². The molecule has 3 nitrogen and oxygen atoms in total. The van der Waals surface area contributed by atoms with Gasteiger partial charge in [0.2, 0.25) is 0 Å². The van der Waals surface area contributed by atoms with E-state index < -0.39 is 10.1 Å². The van der Waals surface area contributed by atoms with Crippen LogP contribution in [0.25, 0.3) is 10.8 Å². The molecule has 1 N–H and O–H groups in total. The molecular formula is C11H10O3S. The van der Waals surface area contributed by atoms with Crippen molar-refractivity contribution in [3.63, 3.8) is 0 Å². The zero-order valence-corrected chi connectivity index (χ0v) is 8.95. The van der Waals surface area contributed by atoms with Gasteiger partial charge in [-0.05, 0) is 23.9 Å². The second-order valence-corrected chi connectivity index (χ2v) is 4.85. The molecule has 78 valence electrons. The Morgan fingerprint density at radius 1 is 1.13 bits per heavy atom. The van der Waals surface area contributed by atoms with Gasteiger partial charge < -0.3 is 0 Å². The zero-order chi connectivity index (χ0) is 11.1. The van der Waals surface area contributed by atoms with Crippen LogP contribution >= 0.6 is 0 Å². The molecule has 0 aliphatic heterocycles. The molecule has 0 aliphatic rings. The first-order valence-corrected chi connectivity index (χ1v) is 5.89. The maximum absolute atomic E-state index is 11.2. The lowest BCUT2D eigenvalue weighted by Gasteiger charge is -2.05. The first-order chi connectivity index (χ1) is 6.98. The average molecular weight is 222 g/mol. The topological polar surface area (TPSA) is 54.4 Å². The van der Waals surface area contributed by atoms with Gasteiger partial charge in [-0.2, -0.15) is 8.42 Å². The summed E-state index contributed by atoms with van der Waals surface area (Å²) in [5.41, 5.74) is 0.807. The Morgan fingerprint density at radius 3 is 2.47 bits per heavy atom. The van der Waals surface area contributed by atoms with Crippen molar-refractivity contribution in [1.82, 2.24) is 0 Å². The molecule has 0 saturated heterocycles. The summed E-state index contributed by atoms with van der Waals surface area (Å²) in [5, 5.41) is 1.36. The van der Waals surface area contributed by atoms with Gasteiger partial charge >= 0.3 is 0 Å². The Labute approximate surface area is 88.1 Å². The van der Waals surface area contributed by atoms with Crippen molar-refractivity contribution in [2.24, 2.45) is 0 Å². The zero-order valence-electron chi connectivity index (χ0n) is 8.14. The van der Waals surface area contributed by atoms with Gasteiger partial charge in [-0.3, -0.25) is 4.55 Å². The molecule has 0 amide bonds. The van der Waals surface area contributed by atoms with Crippen molar-refractivity contribution in [3.8, 4) is 0 Å². The lowest BCUT2D eigenvalue weighted by Crippen LogP contribution is -1.99. The number of aryl methyl sites for hydroxylation is 1. The third kappa shape index (κ3) is 1.86. The minimum Gasteiger partial charge on any atom is -0.282 e. The van der Waals surface area contributed by atoms with E-state index in [-0.39, 0.29) is 4.90 Å². The van der Waals surface area contributed by atoms with Crippen LogP contribution < -0.4 is 0 Å². The molecule has 0 fully saturated rings. The number of rotatable bonds is 1. The molecule has 0 aliphatic carbocycles. The van der Waals surface area contributed by atoms with Gasteiger partial charge in [0.05, 0.1) is 0 Å². The highest BCUT2D eigenvalue weighted by Crippen LogP contribution is 2.24. The van der Waals surface area contributed by atoms with E-state index in [4.69, 9.17) is 4.55 Å². The van der Waals surface area contributed by atoms with Crippen LogP contribution in [0.1, 0.15) is 5.56 Å². The van der Waals surface area contributed by atoms with Gasteiger partial charge in [0.1, 0.15) is 4.90 Å². The lowest BCUT2D eigenvalue weighted by atomic mass is 10.1. The van der Waals surface area contributed by atoms with E-state index in [1.54, 1.807) is 19.1 Å². The average Bonchev–Trinajstić information content (AvgIpc) is 2.15. The summed E-state index contributed by atoms with van der Waals surface area (Å²) in [6, 6.07) is 10.4. The van der Waals surface area contributed by atoms with Gasteiger partial charge in [0.15, 0.2) is 0 Å². The summed E-state index contributed by atoms with van der Waals surface area (Å²) < 4.78 is 31.4. The van der Waals surface area contributed by atoms with Gasteiger partial charge in [-0.1, -0.05) is 30.3 Å². The molecule has 2 aromatic carbocycles. The van der Waals surface area contributed by atoms with Crippen molar-refractivity contribution in [2.45, 2.75) is 11.8 Å². The van der Waals surface area contributed by atoms with Crippen LogP contribution in [0.2, 0.25) is 0 Å². The van der Waals surface area contributed by atoms with E-state index in [1.807, 2.05) is 18.2 Å². The normalized spacial score (nSPS) is 11.9. The third-order valence-electron chi connectivity index (χ3n) is 2.25. The predicted octanol–water partition coefficient (Wildman–Crippen LogP) is 2.39. The molecule has 0 saturated carbocycles. The Kier molecular flexibility index (Phi) is 2.25. The smallest absolute Gasteiger partial charge is 0.282 e.